The van der Waals surface area contributed by atoms with Gasteiger partial charge in [-0.1, -0.05) is 32.9 Å². The van der Waals surface area contributed by atoms with Crippen molar-refractivity contribution in [2.75, 3.05) is 0 Å². The lowest BCUT2D eigenvalue weighted by Gasteiger charge is -2.19. The molecule has 0 aliphatic carbocycles. The first-order valence-electron chi connectivity index (χ1n) is 6.91. The first kappa shape index (κ1) is 15.3. The van der Waals surface area contributed by atoms with Gasteiger partial charge in [0.25, 0.3) is 5.56 Å². The Hall–Kier alpha value is -2.14. The minimum absolute atomic E-state index is 0.112. The second kappa shape index (κ2) is 6.10. The van der Waals surface area contributed by atoms with Gasteiger partial charge in [-0.05, 0) is 23.1 Å². The molecule has 3 N–H and O–H groups in total. The molecular weight excluding hydrogens is 266 g/mol. The van der Waals surface area contributed by atoms with Crippen LogP contribution in [-0.2, 0) is 18.6 Å². The van der Waals surface area contributed by atoms with Gasteiger partial charge in [0.05, 0.1) is 5.69 Å². The molecule has 2 rings (SSSR count). The Bertz CT molecular complexity index is 654. The van der Waals surface area contributed by atoms with Crippen LogP contribution in [0.15, 0.2) is 35.1 Å². The molecule has 1 heterocycles. The lowest BCUT2D eigenvalue weighted by molar-refractivity contribution is 0.294. The molecule has 21 heavy (non-hydrogen) atoms. The summed E-state index contributed by atoms with van der Waals surface area (Å²) in [4.78, 5) is 18.3. The summed E-state index contributed by atoms with van der Waals surface area (Å²) in [7, 11) is 0. The van der Waals surface area contributed by atoms with E-state index in [2.05, 4.69) is 30.7 Å². The van der Waals surface area contributed by atoms with Crippen molar-refractivity contribution in [3.63, 3.8) is 0 Å². The molecule has 2 aromatic rings. The quantitative estimate of drug-likeness (QED) is 0.902. The Kier molecular flexibility index (Phi) is 4.43. The summed E-state index contributed by atoms with van der Waals surface area (Å²) in [6.45, 7) is 6.93. The molecule has 1 aromatic heterocycles. The average Bonchev–Trinajstić information content (AvgIpc) is 2.44. The van der Waals surface area contributed by atoms with Gasteiger partial charge in [-0.25, -0.2) is 4.98 Å². The second-order valence-electron chi connectivity index (χ2n) is 5.95. The summed E-state index contributed by atoms with van der Waals surface area (Å²) in [6, 6.07) is 9.32. The maximum absolute atomic E-state index is 11.4. The van der Waals surface area contributed by atoms with Gasteiger partial charge in [0.2, 0.25) is 0 Å². The maximum atomic E-state index is 11.4. The molecular formula is C16H21N3O2. The smallest absolute Gasteiger partial charge is 0.251 e. The third-order valence-corrected chi connectivity index (χ3v) is 3.15. The van der Waals surface area contributed by atoms with Gasteiger partial charge < -0.3 is 15.5 Å². The van der Waals surface area contributed by atoms with E-state index in [1.807, 2.05) is 24.3 Å². The molecule has 0 aliphatic rings. The maximum Gasteiger partial charge on any atom is 0.251 e. The molecule has 0 bridgehead atoms. The fraction of sp³-hybridized carbons (Fsp3) is 0.375. The Morgan fingerprint density at radius 3 is 2.48 bits per heavy atom. The number of hydrogen-bond acceptors (Lipinski definition) is 4. The second-order valence-corrected chi connectivity index (χ2v) is 5.95. The van der Waals surface area contributed by atoms with E-state index >= 15 is 0 Å². The van der Waals surface area contributed by atoms with E-state index in [9.17, 15) is 4.79 Å². The van der Waals surface area contributed by atoms with Crippen molar-refractivity contribution >= 4 is 0 Å². The molecule has 112 valence electrons. The lowest BCUT2D eigenvalue weighted by Crippen LogP contribution is -2.16. The Labute approximate surface area is 124 Å². The highest BCUT2D eigenvalue weighted by atomic mass is 16.5. The van der Waals surface area contributed by atoms with E-state index in [-0.39, 0.29) is 24.1 Å². The molecule has 5 heteroatoms. The molecule has 0 saturated carbocycles. The molecule has 1 aromatic carbocycles. The van der Waals surface area contributed by atoms with E-state index in [1.165, 1.54) is 11.6 Å². The number of benzene rings is 1. The van der Waals surface area contributed by atoms with Crippen molar-refractivity contribution in [3.05, 3.63) is 57.8 Å². The summed E-state index contributed by atoms with van der Waals surface area (Å²) in [6.07, 6.45) is 0. The van der Waals surface area contributed by atoms with Crippen LogP contribution >= 0.6 is 0 Å². The van der Waals surface area contributed by atoms with Crippen molar-refractivity contribution in [2.24, 2.45) is 5.73 Å². The fourth-order valence-corrected chi connectivity index (χ4v) is 1.94. The van der Waals surface area contributed by atoms with Crippen LogP contribution in [0, 0.1) is 0 Å². The number of hydrogen-bond donors (Lipinski definition) is 2. The Balaban J connectivity index is 2.06. The SMILES string of the molecule is CC(C)(C)c1ccc(OCc2nc(CN)cc(=O)[nH]2)cc1. The molecule has 0 unspecified atom stereocenters. The predicted octanol–water partition coefficient (Wildman–Crippen LogP) is 2.11. The van der Waals surface area contributed by atoms with E-state index in [0.717, 1.165) is 5.75 Å². The average molecular weight is 287 g/mol. The summed E-state index contributed by atoms with van der Waals surface area (Å²) >= 11 is 0. The molecule has 0 radical (unpaired) electrons. The molecule has 0 amide bonds. The topological polar surface area (TPSA) is 81.0 Å². The van der Waals surface area contributed by atoms with E-state index in [4.69, 9.17) is 10.5 Å². The zero-order valence-electron chi connectivity index (χ0n) is 12.6. The van der Waals surface area contributed by atoms with E-state index < -0.39 is 0 Å². The zero-order chi connectivity index (χ0) is 15.5. The van der Waals surface area contributed by atoms with Gasteiger partial charge >= 0.3 is 0 Å². The third-order valence-electron chi connectivity index (χ3n) is 3.15. The van der Waals surface area contributed by atoms with Gasteiger partial charge in [-0.3, -0.25) is 4.79 Å². The highest BCUT2D eigenvalue weighted by molar-refractivity contribution is 5.31. The summed E-state index contributed by atoms with van der Waals surface area (Å²) in [5, 5.41) is 0. The minimum Gasteiger partial charge on any atom is -0.486 e. The Morgan fingerprint density at radius 2 is 1.90 bits per heavy atom. The van der Waals surface area contributed by atoms with Crippen LogP contribution < -0.4 is 16.0 Å². The lowest BCUT2D eigenvalue weighted by atomic mass is 9.87. The van der Waals surface area contributed by atoms with Crippen molar-refractivity contribution in [2.45, 2.75) is 39.3 Å². The van der Waals surface area contributed by atoms with Crippen LogP contribution in [0.4, 0.5) is 0 Å². The molecule has 0 aliphatic heterocycles. The van der Waals surface area contributed by atoms with Crippen LogP contribution in [0.1, 0.15) is 37.9 Å². The van der Waals surface area contributed by atoms with E-state index in [0.29, 0.717) is 11.5 Å². The number of rotatable bonds is 4. The molecule has 0 fully saturated rings. The molecule has 0 spiro atoms. The first-order chi connectivity index (χ1) is 9.88. The standard InChI is InChI=1S/C16H21N3O2/c1-16(2,3)11-4-6-13(7-5-11)21-10-14-18-12(9-17)8-15(20)19-14/h4-8H,9-10,17H2,1-3H3,(H,18,19,20). The van der Waals surface area contributed by atoms with Crippen molar-refractivity contribution in [1.29, 1.82) is 0 Å². The van der Waals surface area contributed by atoms with Crippen LogP contribution in [0.5, 0.6) is 5.75 Å². The zero-order valence-corrected chi connectivity index (χ0v) is 12.6. The van der Waals surface area contributed by atoms with Crippen LogP contribution in [-0.4, -0.2) is 9.97 Å². The predicted molar refractivity (Wildman–Crippen MR) is 82.2 cm³/mol. The fourth-order valence-electron chi connectivity index (χ4n) is 1.94. The van der Waals surface area contributed by atoms with E-state index in [1.54, 1.807) is 0 Å². The monoisotopic (exact) mass is 287 g/mol. The Morgan fingerprint density at radius 1 is 1.24 bits per heavy atom. The molecule has 0 atom stereocenters. The number of H-pyrrole nitrogens is 1. The number of aromatic amines is 1. The molecule has 0 saturated heterocycles. The highest BCUT2D eigenvalue weighted by Crippen LogP contribution is 2.24. The largest absolute Gasteiger partial charge is 0.486 e. The normalized spacial score (nSPS) is 11.4. The summed E-state index contributed by atoms with van der Waals surface area (Å²) in [5.41, 5.74) is 7.19. The van der Waals surface area contributed by atoms with Crippen molar-refractivity contribution in [3.8, 4) is 5.75 Å². The minimum atomic E-state index is -0.216. The van der Waals surface area contributed by atoms with Gasteiger partial charge in [-0.2, -0.15) is 0 Å². The summed E-state index contributed by atoms with van der Waals surface area (Å²) < 4.78 is 5.64. The third kappa shape index (κ3) is 4.16. The van der Waals surface area contributed by atoms with Gasteiger partial charge in [-0.15, -0.1) is 0 Å². The number of aromatic nitrogens is 2. The van der Waals surface area contributed by atoms with Crippen LogP contribution in [0.3, 0.4) is 0 Å². The van der Waals surface area contributed by atoms with Crippen LogP contribution in [0.2, 0.25) is 0 Å². The van der Waals surface area contributed by atoms with Crippen molar-refractivity contribution < 1.29 is 4.74 Å². The first-order valence-corrected chi connectivity index (χ1v) is 6.91. The van der Waals surface area contributed by atoms with Gasteiger partial charge in [0.15, 0.2) is 0 Å². The number of nitrogens with one attached hydrogen (secondary N) is 1. The van der Waals surface area contributed by atoms with Crippen LogP contribution in [0.25, 0.3) is 0 Å². The number of nitrogens with two attached hydrogens (primary N) is 1. The number of ether oxygens (including phenoxy) is 1. The van der Waals surface area contributed by atoms with Gasteiger partial charge in [0.1, 0.15) is 18.2 Å². The molecule has 5 nitrogen and oxygen atoms in total. The summed E-state index contributed by atoms with van der Waals surface area (Å²) in [5.74, 6) is 1.21. The van der Waals surface area contributed by atoms with Gasteiger partial charge in [0, 0.05) is 12.6 Å². The highest BCUT2D eigenvalue weighted by Gasteiger charge is 2.13. The number of nitrogens with zero attached hydrogens (tertiary/aromatic N) is 1. The van der Waals surface area contributed by atoms with Crippen molar-refractivity contribution in [1.82, 2.24) is 9.97 Å².